The van der Waals surface area contributed by atoms with Crippen molar-refractivity contribution in [3.8, 4) is 0 Å². The molecule has 3 nitrogen and oxygen atoms in total. The van der Waals surface area contributed by atoms with E-state index in [1.165, 1.54) is 11.3 Å². The third-order valence-electron chi connectivity index (χ3n) is 2.89. The van der Waals surface area contributed by atoms with Crippen LogP contribution < -0.4 is 0 Å². The van der Waals surface area contributed by atoms with Gasteiger partial charge < -0.3 is 5.11 Å². The second kappa shape index (κ2) is 6.86. The van der Waals surface area contributed by atoms with Crippen LogP contribution >= 0.6 is 22.9 Å². The van der Waals surface area contributed by atoms with Crippen molar-refractivity contribution in [2.45, 2.75) is 32.6 Å². The number of carboxylic acid groups (broad SMARTS) is 1. The number of nitrogens with zero attached hydrogens (tertiary/aromatic N) is 1. The van der Waals surface area contributed by atoms with Gasteiger partial charge in [-0.05, 0) is 24.1 Å². The summed E-state index contributed by atoms with van der Waals surface area (Å²) in [5.74, 6) is -0.802. The minimum atomic E-state index is -0.802. The fraction of sp³-hybridized carbons (Fsp3) is 0.333. The van der Waals surface area contributed by atoms with Gasteiger partial charge in [0.1, 0.15) is 0 Å². The minimum absolute atomic E-state index is 0.0631. The highest BCUT2D eigenvalue weighted by molar-refractivity contribution is 7.11. The fourth-order valence-electron chi connectivity index (χ4n) is 2.00. The van der Waals surface area contributed by atoms with E-state index in [1.54, 1.807) is 0 Å². The van der Waals surface area contributed by atoms with E-state index in [1.807, 2.05) is 24.3 Å². The maximum atomic E-state index is 10.9. The van der Waals surface area contributed by atoms with Crippen molar-refractivity contribution in [3.05, 3.63) is 50.4 Å². The van der Waals surface area contributed by atoms with E-state index in [9.17, 15) is 4.79 Å². The Balaban J connectivity index is 2.19. The second-order valence-corrected chi connectivity index (χ2v) is 6.21. The van der Waals surface area contributed by atoms with Gasteiger partial charge in [0, 0.05) is 16.3 Å². The molecule has 1 N–H and O–H groups in total. The van der Waals surface area contributed by atoms with Gasteiger partial charge >= 0.3 is 5.97 Å². The Morgan fingerprint density at radius 3 is 2.65 bits per heavy atom. The van der Waals surface area contributed by atoms with E-state index in [-0.39, 0.29) is 6.42 Å². The van der Waals surface area contributed by atoms with E-state index in [0.29, 0.717) is 5.02 Å². The van der Waals surface area contributed by atoms with Crippen LogP contribution in [-0.2, 0) is 24.1 Å². The van der Waals surface area contributed by atoms with Crippen molar-refractivity contribution in [1.29, 1.82) is 0 Å². The normalized spacial score (nSPS) is 10.7. The Morgan fingerprint density at radius 2 is 2.05 bits per heavy atom. The van der Waals surface area contributed by atoms with Gasteiger partial charge in [-0.3, -0.25) is 4.79 Å². The Bertz CT molecular complexity index is 592. The van der Waals surface area contributed by atoms with Gasteiger partial charge in [0.25, 0.3) is 0 Å². The molecule has 0 radical (unpaired) electrons. The molecule has 20 heavy (non-hydrogen) atoms. The third kappa shape index (κ3) is 4.05. The van der Waals surface area contributed by atoms with Gasteiger partial charge in [-0.2, -0.15) is 0 Å². The summed E-state index contributed by atoms with van der Waals surface area (Å²) in [6, 6.07) is 7.66. The average molecular weight is 310 g/mol. The Morgan fingerprint density at radius 1 is 1.35 bits per heavy atom. The van der Waals surface area contributed by atoms with Crippen molar-refractivity contribution >= 4 is 28.9 Å². The number of carbonyl (C=O) groups is 1. The number of hydrogen-bond donors (Lipinski definition) is 1. The van der Waals surface area contributed by atoms with Crippen LogP contribution in [0, 0.1) is 0 Å². The fourth-order valence-corrected chi connectivity index (χ4v) is 3.26. The Labute approximate surface area is 127 Å². The summed E-state index contributed by atoms with van der Waals surface area (Å²) in [5, 5.41) is 10.6. The first-order valence-corrected chi connectivity index (χ1v) is 7.71. The van der Waals surface area contributed by atoms with Crippen LogP contribution in [0.4, 0.5) is 0 Å². The van der Waals surface area contributed by atoms with Crippen LogP contribution in [0.2, 0.25) is 5.02 Å². The molecule has 0 aliphatic carbocycles. The van der Waals surface area contributed by atoms with Gasteiger partial charge in [0.15, 0.2) is 0 Å². The lowest BCUT2D eigenvalue weighted by Gasteiger charge is -1.97. The summed E-state index contributed by atoms with van der Waals surface area (Å²) < 4.78 is 0. The largest absolute Gasteiger partial charge is 0.481 e. The zero-order valence-corrected chi connectivity index (χ0v) is 12.8. The lowest BCUT2D eigenvalue weighted by Crippen LogP contribution is -2.01. The summed E-state index contributed by atoms with van der Waals surface area (Å²) in [6.45, 7) is 2.07. The van der Waals surface area contributed by atoms with Gasteiger partial charge in [-0.15, -0.1) is 11.3 Å². The zero-order chi connectivity index (χ0) is 14.5. The maximum Gasteiger partial charge on any atom is 0.308 e. The number of aryl methyl sites for hydroxylation is 1. The van der Waals surface area contributed by atoms with Crippen molar-refractivity contribution < 1.29 is 9.90 Å². The molecule has 0 atom stereocenters. The van der Waals surface area contributed by atoms with Crippen LogP contribution in [0.25, 0.3) is 0 Å². The van der Waals surface area contributed by atoms with Crippen LogP contribution in [0.5, 0.6) is 0 Å². The summed E-state index contributed by atoms with van der Waals surface area (Å²) in [4.78, 5) is 16.4. The number of aromatic nitrogens is 1. The molecule has 1 aromatic heterocycles. The van der Waals surface area contributed by atoms with E-state index >= 15 is 0 Å². The molecule has 0 spiro atoms. The molecule has 5 heteroatoms. The maximum absolute atomic E-state index is 10.9. The highest BCUT2D eigenvalue weighted by atomic mass is 35.5. The molecule has 106 valence electrons. The van der Waals surface area contributed by atoms with Crippen LogP contribution in [0.1, 0.15) is 34.5 Å². The molecule has 2 aromatic rings. The average Bonchev–Trinajstić information content (AvgIpc) is 2.74. The lowest BCUT2D eigenvalue weighted by molar-refractivity contribution is -0.136. The van der Waals surface area contributed by atoms with Crippen molar-refractivity contribution in [2.75, 3.05) is 0 Å². The zero-order valence-electron chi connectivity index (χ0n) is 11.2. The summed E-state index contributed by atoms with van der Waals surface area (Å²) in [6.07, 6.45) is 2.59. The van der Waals surface area contributed by atoms with Crippen LogP contribution in [0.15, 0.2) is 24.3 Å². The highest BCUT2D eigenvalue weighted by Crippen LogP contribution is 2.23. The van der Waals surface area contributed by atoms with E-state index in [0.717, 1.165) is 40.4 Å². The number of thiazole rings is 1. The molecule has 1 heterocycles. The summed E-state index contributed by atoms with van der Waals surface area (Å²) in [5.41, 5.74) is 2.07. The number of carboxylic acids is 1. The van der Waals surface area contributed by atoms with Gasteiger partial charge in [0.2, 0.25) is 0 Å². The van der Waals surface area contributed by atoms with Crippen molar-refractivity contribution in [3.63, 3.8) is 0 Å². The first kappa shape index (κ1) is 15.0. The van der Waals surface area contributed by atoms with E-state index in [2.05, 4.69) is 11.9 Å². The molecule has 0 saturated heterocycles. The molecule has 0 unspecified atom stereocenters. The molecule has 0 bridgehead atoms. The standard InChI is InChI=1S/C15H16ClNO2S/c1-2-3-12-13(9-15(18)19)20-14(17-12)8-10-4-6-11(16)7-5-10/h4-7H,2-3,8-9H2,1H3,(H,18,19). The quantitative estimate of drug-likeness (QED) is 0.878. The number of hydrogen-bond acceptors (Lipinski definition) is 3. The lowest BCUT2D eigenvalue weighted by atomic mass is 10.1. The number of rotatable bonds is 6. The molecule has 2 rings (SSSR count). The topological polar surface area (TPSA) is 50.2 Å². The number of benzene rings is 1. The van der Waals surface area contributed by atoms with Gasteiger partial charge in [-0.1, -0.05) is 37.1 Å². The highest BCUT2D eigenvalue weighted by Gasteiger charge is 2.13. The summed E-state index contributed by atoms with van der Waals surface area (Å²) in [7, 11) is 0. The Kier molecular flexibility index (Phi) is 5.15. The SMILES string of the molecule is CCCc1nc(Cc2ccc(Cl)cc2)sc1CC(=O)O. The predicted octanol–water partition coefficient (Wildman–Crippen LogP) is 3.97. The smallest absolute Gasteiger partial charge is 0.308 e. The molecule has 0 saturated carbocycles. The number of halogens is 1. The van der Waals surface area contributed by atoms with Crippen LogP contribution in [0.3, 0.4) is 0 Å². The van der Waals surface area contributed by atoms with Crippen molar-refractivity contribution in [2.24, 2.45) is 0 Å². The minimum Gasteiger partial charge on any atom is -0.481 e. The molecule has 1 aromatic carbocycles. The van der Waals surface area contributed by atoms with E-state index < -0.39 is 5.97 Å². The predicted molar refractivity (Wildman–Crippen MR) is 81.7 cm³/mol. The molecule has 0 aliphatic rings. The molecule has 0 amide bonds. The third-order valence-corrected chi connectivity index (χ3v) is 4.24. The molecular formula is C15H16ClNO2S. The molecule has 0 aliphatic heterocycles. The van der Waals surface area contributed by atoms with Crippen LogP contribution in [-0.4, -0.2) is 16.1 Å². The number of aliphatic carboxylic acids is 1. The van der Waals surface area contributed by atoms with Gasteiger partial charge in [-0.25, -0.2) is 4.98 Å². The van der Waals surface area contributed by atoms with Crippen molar-refractivity contribution in [1.82, 2.24) is 4.98 Å². The summed E-state index contributed by atoms with van der Waals surface area (Å²) >= 11 is 7.37. The first-order valence-electron chi connectivity index (χ1n) is 6.52. The Hall–Kier alpha value is -1.39. The first-order chi connectivity index (χ1) is 9.58. The monoisotopic (exact) mass is 309 g/mol. The molecule has 0 fully saturated rings. The van der Waals surface area contributed by atoms with E-state index in [4.69, 9.17) is 16.7 Å². The van der Waals surface area contributed by atoms with Gasteiger partial charge in [0.05, 0.1) is 17.1 Å². The second-order valence-electron chi connectivity index (χ2n) is 4.60. The molecular weight excluding hydrogens is 294 g/mol.